The summed E-state index contributed by atoms with van der Waals surface area (Å²) in [6.07, 6.45) is 8.78. The van der Waals surface area contributed by atoms with Crippen LogP contribution in [0, 0.1) is 0 Å². The third-order valence-electron chi connectivity index (χ3n) is 29.6. The van der Waals surface area contributed by atoms with E-state index in [1.807, 2.05) is 42.5 Å². The van der Waals surface area contributed by atoms with E-state index in [9.17, 15) is 4.79 Å². The van der Waals surface area contributed by atoms with Crippen LogP contribution in [0.5, 0.6) is 11.5 Å². The molecule has 2 aromatic heterocycles. The van der Waals surface area contributed by atoms with Crippen LogP contribution in [-0.2, 0) is 23.7 Å². The molecule has 24 rings (SSSR count). The number of carbonyl (C=O) groups is 1. The van der Waals surface area contributed by atoms with Crippen molar-refractivity contribution in [3.8, 4) is 112 Å². The molecule has 0 spiro atoms. The highest BCUT2D eigenvalue weighted by Gasteiger charge is 2.38. The number of hydrogen-bond acceptors (Lipinski definition) is 5. The maximum Gasteiger partial charge on any atom is 0.150 e. The van der Waals surface area contributed by atoms with Gasteiger partial charge in [0.05, 0.1) is 35.3 Å². The van der Waals surface area contributed by atoms with E-state index < -0.39 is 0 Å². The van der Waals surface area contributed by atoms with E-state index in [0.717, 1.165) is 113 Å². The Balaban J connectivity index is 0.000000159. The summed E-state index contributed by atoms with van der Waals surface area (Å²) in [6, 6.07) is 172. The fourth-order valence-corrected chi connectivity index (χ4v) is 21.8. The monoisotopic (exact) mass is 1860 g/mol. The molecule has 7 nitrogen and oxygen atoms in total. The molecule has 0 bridgehead atoms. The van der Waals surface area contributed by atoms with Crippen molar-refractivity contribution in [1.82, 2.24) is 9.13 Å². The Hall–Kier alpha value is -17.4. The minimum absolute atomic E-state index is 0.112. The Morgan fingerprint density at radius 2 is 0.521 bits per heavy atom. The first-order chi connectivity index (χ1) is 70.8. The predicted octanol–water partition coefficient (Wildman–Crippen LogP) is 36.4. The molecule has 0 aliphatic heterocycles. The van der Waals surface area contributed by atoms with Crippen molar-refractivity contribution in [3.63, 3.8) is 0 Å². The fourth-order valence-electron chi connectivity index (χ4n) is 21.8. The van der Waals surface area contributed by atoms with Crippen LogP contribution in [0.4, 0.5) is 34.1 Å². The molecule has 696 valence electrons. The highest BCUT2D eigenvalue weighted by molar-refractivity contribution is 6.13. The quantitative estimate of drug-likeness (QED) is 0.0361. The number of benzene rings is 20. The van der Waals surface area contributed by atoms with E-state index in [2.05, 4.69) is 478 Å². The molecule has 7 heteroatoms. The Morgan fingerprint density at radius 3 is 0.847 bits per heavy atom. The summed E-state index contributed by atoms with van der Waals surface area (Å²) < 4.78 is 16.7. The van der Waals surface area contributed by atoms with E-state index >= 15 is 0 Å². The van der Waals surface area contributed by atoms with Crippen LogP contribution in [0.15, 0.2) is 480 Å². The molecular formula is C137H110N4O3. The molecule has 144 heavy (non-hydrogen) atoms. The Kier molecular flexibility index (Phi) is 24.7. The number of hydrogen-bond donors (Lipinski definition) is 0. The first kappa shape index (κ1) is 90.5. The van der Waals surface area contributed by atoms with Crippen LogP contribution in [0.2, 0.25) is 0 Å². The lowest BCUT2D eigenvalue weighted by atomic mass is 9.82. The molecule has 20 aromatic carbocycles. The summed E-state index contributed by atoms with van der Waals surface area (Å²) in [5, 5.41) is 4.91. The maximum atomic E-state index is 11.0. The third-order valence-corrected chi connectivity index (χ3v) is 29.6. The van der Waals surface area contributed by atoms with Gasteiger partial charge in [0.15, 0.2) is 0 Å². The molecule has 2 aliphatic rings. The van der Waals surface area contributed by atoms with Gasteiger partial charge in [-0.05, 0) is 348 Å². The third kappa shape index (κ3) is 17.8. The summed E-state index contributed by atoms with van der Waals surface area (Å²) in [5.74, 6) is 1.71. The zero-order valence-electron chi connectivity index (χ0n) is 81.6. The highest BCUT2D eigenvalue weighted by atomic mass is 16.5. The molecule has 0 radical (unpaired) electrons. The van der Waals surface area contributed by atoms with Crippen molar-refractivity contribution in [1.29, 1.82) is 0 Å². The van der Waals surface area contributed by atoms with Crippen LogP contribution in [0.25, 0.3) is 150 Å². The molecule has 0 fully saturated rings. The number of ether oxygens (including phenoxy) is 2. The van der Waals surface area contributed by atoms with E-state index in [4.69, 9.17) is 9.47 Å². The minimum atomic E-state index is -0.116. The molecule has 2 heterocycles. The van der Waals surface area contributed by atoms with Crippen LogP contribution < -0.4 is 19.3 Å². The van der Waals surface area contributed by atoms with Gasteiger partial charge >= 0.3 is 0 Å². The second-order valence-electron chi connectivity index (χ2n) is 39.1. The largest absolute Gasteiger partial charge is 0.494 e. The van der Waals surface area contributed by atoms with Crippen LogP contribution in [0.3, 0.4) is 0 Å². The number of para-hydroxylation sites is 2. The summed E-state index contributed by atoms with van der Waals surface area (Å²) >= 11 is 0. The van der Waals surface area contributed by atoms with Gasteiger partial charge in [-0.2, -0.15) is 0 Å². The SMILES string of the molecule is C=Cc1ccc(OCCCCc2ccc(-c3ccc4c(c3)c3cc(-c5ccc(N(c6ccc(-c7ccccc7)cc6)c6ccc7c(c6)C(C)(C)c6ccccc6-7)cc5)ccc3n4-c3ccccc3)cc2)cc1.CC1(C)c2ccccc2-c2ccc(N(c3ccc(-c4ccccc4)cc3)c3ccc(-c4ccc5c(c4)c4cc(-c6ccc(CCCCOc7ccc(C=O)cc7)cc6)ccc4n5-c4ccccc4)cc3)cc21. The van der Waals surface area contributed by atoms with Crippen molar-refractivity contribution in [2.75, 3.05) is 23.0 Å². The summed E-state index contributed by atoms with van der Waals surface area (Å²) in [6.45, 7) is 14.6. The smallest absolute Gasteiger partial charge is 0.150 e. The first-order valence-electron chi connectivity index (χ1n) is 50.4. The van der Waals surface area contributed by atoms with Gasteiger partial charge in [0.1, 0.15) is 17.8 Å². The molecule has 0 unspecified atom stereocenters. The van der Waals surface area contributed by atoms with Gasteiger partial charge in [0, 0.05) is 83.4 Å². The van der Waals surface area contributed by atoms with Gasteiger partial charge in [-0.3, -0.25) is 4.79 Å². The first-order valence-corrected chi connectivity index (χ1v) is 50.4. The molecule has 2 aliphatic carbocycles. The molecule has 0 saturated carbocycles. The van der Waals surface area contributed by atoms with E-state index in [1.165, 1.54) is 160 Å². The number of aryl methyl sites for hydroxylation is 2. The van der Waals surface area contributed by atoms with E-state index in [1.54, 1.807) is 12.1 Å². The number of aldehydes is 1. The number of unbranched alkanes of at least 4 members (excludes halogenated alkanes) is 2. The van der Waals surface area contributed by atoms with Gasteiger partial charge < -0.3 is 28.4 Å². The van der Waals surface area contributed by atoms with Gasteiger partial charge in [0.25, 0.3) is 0 Å². The highest BCUT2D eigenvalue weighted by Crippen LogP contribution is 2.54. The number of fused-ring (bicyclic) bond motifs is 12. The summed E-state index contributed by atoms with van der Waals surface area (Å²) in [7, 11) is 0. The van der Waals surface area contributed by atoms with Crippen molar-refractivity contribution in [3.05, 3.63) is 524 Å². The summed E-state index contributed by atoms with van der Waals surface area (Å²) in [5.41, 5.74) is 43.0. The number of rotatable bonds is 28. The van der Waals surface area contributed by atoms with Crippen molar-refractivity contribution in [2.45, 2.75) is 77.0 Å². The van der Waals surface area contributed by atoms with Crippen LogP contribution >= 0.6 is 0 Å². The fraction of sp³-hybridized carbons (Fsp3) is 0.102. The number of nitrogens with zero attached hydrogens (tertiary/aromatic N) is 4. The minimum Gasteiger partial charge on any atom is -0.494 e. The van der Waals surface area contributed by atoms with Gasteiger partial charge in [-0.25, -0.2) is 0 Å². The van der Waals surface area contributed by atoms with Gasteiger partial charge in [0.2, 0.25) is 0 Å². The number of carbonyl (C=O) groups excluding carboxylic acids is 1. The van der Waals surface area contributed by atoms with Crippen molar-refractivity contribution < 1.29 is 14.3 Å². The second kappa shape index (κ2) is 39.4. The second-order valence-corrected chi connectivity index (χ2v) is 39.1. The predicted molar refractivity (Wildman–Crippen MR) is 604 cm³/mol. The van der Waals surface area contributed by atoms with Crippen LogP contribution in [0.1, 0.15) is 103 Å². The van der Waals surface area contributed by atoms with Crippen LogP contribution in [-0.4, -0.2) is 28.6 Å². The zero-order valence-corrected chi connectivity index (χ0v) is 81.6. The molecule has 0 atom stereocenters. The molecule has 0 amide bonds. The standard InChI is InChI=1S/C69H56N2O.C68H54N2O2/c1-4-48-24-39-60(40-25-48)72-44-14-13-15-49-22-26-52(27-23-49)54-32-42-67-63(45-54)64-46-55(33-43-68(64)71(67)56-18-9-6-10-19-56)53-30-36-58(37-31-53)70(57-34-28-51(29-35-57)50-16-7-5-8-17-50)59-38-41-62-61-20-11-12-21-65(61)69(2,3)66(62)47-59;1-68(2)64-19-10-9-18-60(64)61-39-36-58(45-65(61)68)69(56-32-26-50(27-33-56)49-14-5-3-6-15-49)57-34-28-52(29-35-57)54-31-41-67-63(44-54)62-43-53(30-40-66(62)70(67)55-16-7-4-8-17-55)51-24-20-47(21-25-51)13-11-12-42-72-59-37-22-48(46-71)23-38-59/h4-12,16-43,45-47H,1,13-15,44H2,2-3H3;3-10,14-41,43-46H,11-13,42H2,1-2H3. The lowest BCUT2D eigenvalue weighted by Crippen LogP contribution is -2.16. The normalized spacial score (nSPS) is 12.4. The Morgan fingerprint density at radius 1 is 0.250 bits per heavy atom. The molecule has 0 saturated heterocycles. The lowest BCUT2D eigenvalue weighted by Gasteiger charge is -2.28. The van der Waals surface area contributed by atoms with E-state index in [-0.39, 0.29) is 10.8 Å². The molecule has 22 aromatic rings. The zero-order chi connectivity index (χ0) is 97.2. The maximum absolute atomic E-state index is 11.0. The van der Waals surface area contributed by atoms with Crippen molar-refractivity contribution in [2.24, 2.45) is 0 Å². The average Bonchev–Trinajstić information content (AvgIpc) is 1.59. The van der Waals surface area contributed by atoms with Gasteiger partial charge in [-0.15, -0.1) is 0 Å². The Labute approximate surface area is 843 Å². The van der Waals surface area contributed by atoms with E-state index in [0.29, 0.717) is 18.8 Å². The molecular weight excluding hydrogens is 1750 g/mol. The Bertz CT molecular complexity index is 7940. The summed E-state index contributed by atoms with van der Waals surface area (Å²) in [4.78, 5) is 15.8. The topological polar surface area (TPSA) is 51.9 Å². The van der Waals surface area contributed by atoms with Gasteiger partial charge in [-0.1, -0.05) is 332 Å². The number of anilines is 6. The number of aromatic nitrogens is 2. The lowest BCUT2D eigenvalue weighted by molar-refractivity contribution is 0.112. The van der Waals surface area contributed by atoms with Crippen molar-refractivity contribution >= 4 is 90.1 Å². The molecule has 0 N–H and O–H groups in total. The average molecular weight is 1860 g/mol.